The van der Waals surface area contributed by atoms with Gasteiger partial charge in [-0.2, -0.15) is 4.98 Å². The number of ether oxygens (including phenoxy) is 3. The third kappa shape index (κ3) is 14.3. The molecule has 4 aromatic carbocycles. The molecule has 6 amide bonds. The molecule has 1 saturated heterocycles. The van der Waals surface area contributed by atoms with Gasteiger partial charge in [0.15, 0.2) is 5.82 Å². The molecule has 2 aliphatic rings. The molecule has 8 rings (SSSR count). The van der Waals surface area contributed by atoms with Crippen molar-refractivity contribution in [2.75, 3.05) is 69.4 Å². The number of amides is 6. The number of anilines is 3. The molecular weight excluding hydrogens is 993 g/mol. The van der Waals surface area contributed by atoms with E-state index in [-0.39, 0.29) is 44.0 Å². The molecule has 412 valence electrons. The zero-order valence-corrected chi connectivity index (χ0v) is 44.9. The van der Waals surface area contributed by atoms with Gasteiger partial charge >= 0.3 is 18.2 Å². The van der Waals surface area contributed by atoms with Gasteiger partial charge in [-0.3, -0.25) is 14.5 Å². The summed E-state index contributed by atoms with van der Waals surface area (Å²) in [6, 6.07) is 28.3. The van der Waals surface area contributed by atoms with E-state index in [0.29, 0.717) is 56.9 Å². The van der Waals surface area contributed by atoms with Crippen molar-refractivity contribution >= 4 is 58.5 Å². The monoisotopic (exact) mass is 1060 g/mol. The van der Waals surface area contributed by atoms with Gasteiger partial charge in [0.1, 0.15) is 36.6 Å². The lowest BCUT2D eigenvalue weighted by Gasteiger charge is -2.34. The summed E-state index contributed by atoms with van der Waals surface area (Å²) in [4.78, 5) is 78.5. The van der Waals surface area contributed by atoms with Crippen molar-refractivity contribution in [1.82, 2.24) is 40.3 Å². The number of fused-ring (bicyclic) bond motifs is 4. The maximum Gasteiger partial charge on any atom is 0.410 e. The van der Waals surface area contributed by atoms with E-state index >= 15 is 0 Å². The number of primary amides is 1. The first-order valence-corrected chi connectivity index (χ1v) is 26.8. The van der Waals surface area contributed by atoms with E-state index in [2.05, 4.69) is 71.1 Å². The number of benzene rings is 4. The molecule has 9 N–H and O–H groups in total. The number of carbonyl (C=O) groups excluding carboxylic acids is 5. The van der Waals surface area contributed by atoms with Crippen molar-refractivity contribution in [3.8, 4) is 16.9 Å². The molecule has 3 heterocycles. The second kappa shape index (κ2) is 26.6. The molecule has 6 aromatic rings. The molecule has 1 aliphatic carbocycles. The van der Waals surface area contributed by atoms with Crippen LogP contribution in [0.15, 0.2) is 103 Å². The summed E-state index contributed by atoms with van der Waals surface area (Å²) in [6.45, 7) is 10.4. The summed E-state index contributed by atoms with van der Waals surface area (Å²) in [7, 11) is 1.68. The first kappa shape index (κ1) is 55.8. The van der Waals surface area contributed by atoms with Crippen LogP contribution in [0.5, 0.6) is 5.75 Å². The SMILES string of the molecule is CCCCCNc1nc(N)nc2ccn(Cc3ccc(CN4CCN(C(=O)OCc5ccc(NC(=O)C(CCCNC(N)=O)NC(=O)C(NC(=O)OCC6c7ccccc7-c7ccccc76)C(C)C)cc5)CC4)cc3OC)c12. The highest BCUT2D eigenvalue weighted by molar-refractivity contribution is 5.98. The molecule has 1 fully saturated rings. The van der Waals surface area contributed by atoms with Crippen LogP contribution < -0.4 is 42.8 Å². The van der Waals surface area contributed by atoms with Crippen LogP contribution >= 0.6 is 0 Å². The number of nitrogens with zero attached hydrogens (tertiary/aromatic N) is 5. The summed E-state index contributed by atoms with van der Waals surface area (Å²) in [6.07, 6.45) is 4.58. The number of nitrogens with two attached hydrogens (primary N) is 2. The molecular formula is C58H72N12O8. The van der Waals surface area contributed by atoms with Crippen molar-refractivity contribution in [2.45, 2.75) is 90.6 Å². The first-order chi connectivity index (χ1) is 37.8. The van der Waals surface area contributed by atoms with Crippen molar-refractivity contribution in [3.63, 3.8) is 0 Å². The van der Waals surface area contributed by atoms with Gasteiger partial charge in [0, 0.05) is 69.2 Å². The Morgan fingerprint density at radius 3 is 2.15 bits per heavy atom. The fourth-order valence-electron chi connectivity index (χ4n) is 10.0. The van der Waals surface area contributed by atoms with Crippen LogP contribution in [0, 0.1) is 5.92 Å². The molecule has 1 aliphatic heterocycles. The number of rotatable bonds is 24. The minimum absolute atomic E-state index is 0.0227. The predicted molar refractivity (Wildman–Crippen MR) is 300 cm³/mol. The van der Waals surface area contributed by atoms with Gasteiger partial charge in [-0.1, -0.05) is 106 Å². The molecule has 20 nitrogen and oxygen atoms in total. The number of hydrogen-bond acceptors (Lipinski definition) is 13. The van der Waals surface area contributed by atoms with Crippen molar-refractivity contribution in [3.05, 3.63) is 131 Å². The number of nitrogens with one attached hydrogen (secondary N) is 5. The van der Waals surface area contributed by atoms with Crippen LogP contribution in [-0.2, 0) is 38.8 Å². The van der Waals surface area contributed by atoms with Gasteiger partial charge < -0.3 is 61.7 Å². The smallest absolute Gasteiger partial charge is 0.410 e. The van der Waals surface area contributed by atoms with Gasteiger partial charge in [-0.15, -0.1) is 0 Å². The normalized spacial score (nSPS) is 14.0. The van der Waals surface area contributed by atoms with Crippen molar-refractivity contribution < 1.29 is 38.2 Å². The Morgan fingerprint density at radius 2 is 1.47 bits per heavy atom. The maximum atomic E-state index is 13.8. The average molecular weight is 1070 g/mol. The summed E-state index contributed by atoms with van der Waals surface area (Å²) in [5.41, 5.74) is 20.5. The van der Waals surface area contributed by atoms with Crippen LogP contribution in [0.2, 0.25) is 0 Å². The minimum atomic E-state index is -1.04. The van der Waals surface area contributed by atoms with E-state index in [1.807, 2.05) is 60.8 Å². The van der Waals surface area contributed by atoms with Crippen molar-refractivity contribution in [1.29, 1.82) is 0 Å². The Labute approximate surface area is 455 Å². The molecule has 0 saturated carbocycles. The lowest BCUT2D eigenvalue weighted by molar-refractivity contribution is -0.128. The standard InChI is InChI=1S/C58H72N12O8/c1-5-6-11-25-61-52-51-47(65-55(59)67-52)24-27-70(51)34-40-21-18-39(32-49(40)76-4)33-68-28-30-69(31-29-68)58(75)78-35-38-19-22-41(23-20-38)63-53(71)48(17-12-26-62-56(60)73)64-54(72)50(37(2)3)66-57(74)77-36-46-44-15-9-7-13-42(44)43-14-8-10-16-45(43)46/h7-10,13-16,18-24,27,32,37,46,48,50H,5-6,11-12,17,25-26,28-31,33-36H2,1-4H3,(H,63,71)(H,64,72)(H,66,74)(H3,60,62,73)(H3,59,61,65,67). The summed E-state index contributed by atoms with van der Waals surface area (Å²) in [5.74, 6) is 0.116. The highest BCUT2D eigenvalue weighted by Crippen LogP contribution is 2.44. The largest absolute Gasteiger partial charge is 0.496 e. The molecule has 0 spiro atoms. The highest BCUT2D eigenvalue weighted by Gasteiger charge is 2.32. The Balaban J connectivity index is 0.794. The Morgan fingerprint density at radius 1 is 0.769 bits per heavy atom. The van der Waals surface area contributed by atoms with E-state index in [1.54, 1.807) is 50.1 Å². The topological polar surface area (TPSA) is 262 Å². The third-order valence-corrected chi connectivity index (χ3v) is 14.2. The van der Waals surface area contributed by atoms with Gasteiger partial charge in [0.05, 0.1) is 19.2 Å². The molecule has 0 radical (unpaired) electrons. The quantitative estimate of drug-likeness (QED) is 0.0289. The molecule has 78 heavy (non-hydrogen) atoms. The summed E-state index contributed by atoms with van der Waals surface area (Å²) in [5, 5.41) is 14.3. The lowest BCUT2D eigenvalue weighted by atomic mass is 9.98. The predicted octanol–water partition coefficient (Wildman–Crippen LogP) is 7.56. The molecule has 2 atom stereocenters. The van der Waals surface area contributed by atoms with Crippen LogP contribution in [0.1, 0.15) is 86.6 Å². The van der Waals surface area contributed by atoms with Gasteiger partial charge in [-0.25, -0.2) is 19.4 Å². The number of hydrogen-bond donors (Lipinski definition) is 7. The van der Waals surface area contributed by atoms with Crippen LogP contribution in [0.4, 0.5) is 31.8 Å². The molecule has 20 heteroatoms. The average Bonchev–Trinajstić information content (AvgIpc) is 4.03. The molecule has 0 bridgehead atoms. The fraction of sp³-hybridized carbons (Fsp3) is 0.397. The third-order valence-electron chi connectivity index (χ3n) is 14.2. The number of urea groups is 1. The van der Waals surface area contributed by atoms with E-state index in [4.69, 9.17) is 25.7 Å². The van der Waals surface area contributed by atoms with Gasteiger partial charge in [-0.05, 0) is 82.8 Å². The number of carbonyl (C=O) groups is 5. The van der Waals surface area contributed by atoms with Crippen LogP contribution in [0.25, 0.3) is 22.2 Å². The maximum absolute atomic E-state index is 13.8. The second-order valence-electron chi connectivity index (χ2n) is 20.1. The minimum Gasteiger partial charge on any atom is -0.496 e. The Bertz CT molecular complexity index is 3000. The van der Waals surface area contributed by atoms with E-state index < -0.39 is 42.1 Å². The van der Waals surface area contributed by atoms with Gasteiger partial charge in [0.2, 0.25) is 17.8 Å². The van der Waals surface area contributed by atoms with E-state index in [1.165, 1.54) is 0 Å². The zero-order chi connectivity index (χ0) is 55.1. The van der Waals surface area contributed by atoms with Gasteiger partial charge in [0.25, 0.3) is 0 Å². The van der Waals surface area contributed by atoms with E-state index in [0.717, 1.165) is 81.8 Å². The fourth-order valence-corrected chi connectivity index (χ4v) is 10.0. The van der Waals surface area contributed by atoms with Crippen LogP contribution in [-0.4, -0.2) is 119 Å². The summed E-state index contributed by atoms with van der Waals surface area (Å²) < 4.78 is 19.4. The molecule has 2 aromatic heterocycles. The number of alkyl carbamates (subject to hydrolysis) is 1. The number of methoxy groups -OCH3 is 1. The Hall–Kier alpha value is -8.39. The van der Waals surface area contributed by atoms with E-state index in [9.17, 15) is 24.0 Å². The molecule has 2 unspecified atom stereocenters. The number of piperazine rings is 1. The zero-order valence-electron chi connectivity index (χ0n) is 44.9. The second-order valence-corrected chi connectivity index (χ2v) is 20.1. The number of unbranched alkanes of at least 4 members (excludes halogenated alkanes) is 2. The van der Waals surface area contributed by atoms with Crippen LogP contribution in [0.3, 0.4) is 0 Å². The number of nitrogen functional groups attached to an aromatic ring is 1. The Kier molecular flexibility index (Phi) is 19.0. The number of aromatic nitrogens is 3. The highest BCUT2D eigenvalue weighted by atomic mass is 16.6. The summed E-state index contributed by atoms with van der Waals surface area (Å²) >= 11 is 0. The lowest BCUT2D eigenvalue weighted by Crippen LogP contribution is -2.54. The first-order valence-electron chi connectivity index (χ1n) is 26.8. The van der Waals surface area contributed by atoms with Crippen molar-refractivity contribution in [2.24, 2.45) is 11.7 Å².